The van der Waals surface area contributed by atoms with Crippen molar-refractivity contribution in [3.8, 4) is 5.69 Å². The van der Waals surface area contributed by atoms with Gasteiger partial charge in [0.2, 0.25) is 5.95 Å². The molecule has 6 rings (SSSR count). The highest BCUT2D eigenvalue weighted by Gasteiger charge is 2.23. The molecule has 0 spiro atoms. The van der Waals surface area contributed by atoms with E-state index >= 15 is 8.78 Å². The number of ether oxygens (including phenoxy) is 1. The van der Waals surface area contributed by atoms with Gasteiger partial charge in [0, 0.05) is 68.2 Å². The van der Waals surface area contributed by atoms with Crippen LogP contribution in [0.1, 0.15) is 25.0 Å². The van der Waals surface area contributed by atoms with Crippen LogP contribution >= 0.6 is 0 Å². The topological polar surface area (TPSA) is 83.4 Å². The van der Waals surface area contributed by atoms with Crippen LogP contribution in [0.15, 0.2) is 42.9 Å². The Labute approximate surface area is 232 Å². The first-order valence-electron chi connectivity index (χ1n) is 13.7. The Hall–Kier alpha value is -3.67. The number of anilines is 3. The minimum Gasteiger partial charge on any atom is -0.379 e. The Bertz CT molecular complexity index is 1490. The van der Waals surface area contributed by atoms with Gasteiger partial charge in [-0.15, -0.1) is 0 Å². The highest BCUT2D eigenvalue weighted by molar-refractivity contribution is 5.79. The van der Waals surface area contributed by atoms with Crippen LogP contribution in [0.4, 0.5) is 26.2 Å². The van der Waals surface area contributed by atoms with E-state index in [1.807, 2.05) is 24.0 Å². The molecular weight excluding hydrogens is 514 g/mol. The van der Waals surface area contributed by atoms with Crippen molar-refractivity contribution in [1.82, 2.24) is 29.7 Å². The molecule has 9 nitrogen and oxygen atoms in total. The van der Waals surface area contributed by atoms with Gasteiger partial charge in [0.1, 0.15) is 23.1 Å². The second-order valence-electron chi connectivity index (χ2n) is 10.8. The molecule has 3 aromatic heterocycles. The average molecular weight is 549 g/mol. The number of benzene rings is 1. The van der Waals surface area contributed by atoms with Crippen LogP contribution < -0.4 is 15.5 Å². The number of nitrogens with one attached hydrogen (secondary N) is 2. The van der Waals surface area contributed by atoms with E-state index in [1.54, 1.807) is 23.2 Å². The molecule has 2 aliphatic heterocycles. The standard InChI is InChI=1S/C29H34F2N8O/c1-18-10-22(14-32-27(18)38-15-19(2)34-20(3)16-38)35-29-33-13-21-4-5-39(28(21)36-29)23-11-25(30)24(26(31)12-23)17-37-6-8-40-9-7-37/h4-5,10-14,19-20,34H,6-9,15-17H2,1-3H3,(H,33,35,36)/t19-,20+. The van der Waals surface area contributed by atoms with Crippen molar-refractivity contribution in [3.05, 3.63) is 65.6 Å². The van der Waals surface area contributed by atoms with Gasteiger partial charge in [-0.3, -0.25) is 4.90 Å². The van der Waals surface area contributed by atoms with Crippen LogP contribution in [0, 0.1) is 18.6 Å². The number of rotatable bonds is 6. The molecule has 2 aliphatic rings. The summed E-state index contributed by atoms with van der Waals surface area (Å²) in [6.45, 7) is 10.9. The van der Waals surface area contributed by atoms with E-state index < -0.39 is 11.6 Å². The smallest absolute Gasteiger partial charge is 0.229 e. The minimum atomic E-state index is -0.578. The number of aromatic nitrogens is 4. The van der Waals surface area contributed by atoms with Gasteiger partial charge < -0.3 is 24.8 Å². The van der Waals surface area contributed by atoms with E-state index in [9.17, 15) is 0 Å². The third-order valence-electron chi connectivity index (χ3n) is 7.48. The van der Waals surface area contributed by atoms with Gasteiger partial charge in [-0.2, -0.15) is 4.98 Å². The molecule has 210 valence electrons. The zero-order valence-electron chi connectivity index (χ0n) is 23.0. The van der Waals surface area contributed by atoms with E-state index in [1.165, 1.54) is 12.1 Å². The zero-order chi connectivity index (χ0) is 27.8. The number of hydrogen-bond acceptors (Lipinski definition) is 8. The highest BCUT2D eigenvalue weighted by atomic mass is 19.1. The van der Waals surface area contributed by atoms with Crippen LogP contribution in [0.2, 0.25) is 0 Å². The molecule has 2 saturated heterocycles. The number of fused-ring (bicyclic) bond motifs is 1. The summed E-state index contributed by atoms with van der Waals surface area (Å²) in [4.78, 5) is 18.2. The molecule has 2 N–H and O–H groups in total. The van der Waals surface area contributed by atoms with Gasteiger partial charge in [0.15, 0.2) is 0 Å². The fraction of sp³-hybridized carbons (Fsp3) is 0.414. The summed E-state index contributed by atoms with van der Waals surface area (Å²) < 4.78 is 37.2. The minimum absolute atomic E-state index is 0.0649. The second-order valence-corrected chi connectivity index (χ2v) is 10.8. The largest absolute Gasteiger partial charge is 0.379 e. The van der Waals surface area contributed by atoms with Gasteiger partial charge in [0.25, 0.3) is 0 Å². The van der Waals surface area contributed by atoms with E-state index in [-0.39, 0.29) is 12.1 Å². The number of piperazine rings is 1. The fourth-order valence-corrected chi connectivity index (χ4v) is 5.65. The summed E-state index contributed by atoms with van der Waals surface area (Å²) in [6.07, 6.45) is 5.22. The molecule has 11 heteroatoms. The van der Waals surface area contributed by atoms with Gasteiger partial charge >= 0.3 is 0 Å². The van der Waals surface area contributed by atoms with Crippen molar-refractivity contribution in [2.24, 2.45) is 0 Å². The summed E-state index contributed by atoms with van der Waals surface area (Å²) in [5.41, 5.74) is 2.79. The SMILES string of the molecule is Cc1cc(Nc2ncc3ccn(-c4cc(F)c(CN5CCOCC5)c(F)c4)c3n2)cnc1N1C[C@@H](C)N[C@@H](C)C1. The summed E-state index contributed by atoms with van der Waals surface area (Å²) in [5.74, 6) is 0.184. The van der Waals surface area contributed by atoms with E-state index in [0.717, 1.165) is 35.5 Å². The average Bonchev–Trinajstić information content (AvgIpc) is 3.34. The van der Waals surface area contributed by atoms with Crippen LogP contribution in [0.5, 0.6) is 0 Å². The summed E-state index contributed by atoms with van der Waals surface area (Å²) >= 11 is 0. The van der Waals surface area contributed by atoms with Gasteiger partial charge in [-0.05, 0) is 50.6 Å². The van der Waals surface area contributed by atoms with Gasteiger partial charge in [-0.1, -0.05) is 0 Å². The van der Waals surface area contributed by atoms with Crippen LogP contribution in [0.3, 0.4) is 0 Å². The third-order valence-corrected chi connectivity index (χ3v) is 7.48. The van der Waals surface area contributed by atoms with Crippen molar-refractivity contribution >= 4 is 28.5 Å². The second kappa shape index (κ2) is 11.1. The van der Waals surface area contributed by atoms with Crippen molar-refractivity contribution in [1.29, 1.82) is 0 Å². The molecule has 5 heterocycles. The summed E-state index contributed by atoms with van der Waals surface area (Å²) in [6, 6.07) is 7.36. The molecular formula is C29H34F2N8O. The van der Waals surface area contributed by atoms with Crippen molar-refractivity contribution < 1.29 is 13.5 Å². The maximum atomic E-state index is 15.1. The molecule has 4 aromatic rings. The Morgan fingerprint density at radius 1 is 1.02 bits per heavy atom. The monoisotopic (exact) mass is 548 g/mol. The Kier molecular flexibility index (Phi) is 7.35. The lowest BCUT2D eigenvalue weighted by atomic mass is 10.1. The number of morpholine rings is 1. The maximum absolute atomic E-state index is 15.1. The number of pyridine rings is 1. The lowest BCUT2D eigenvalue weighted by Crippen LogP contribution is -2.54. The number of nitrogens with zero attached hydrogens (tertiary/aromatic N) is 6. The molecule has 0 saturated carbocycles. The lowest BCUT2D eigenvalue weighted by Gasteiger charge is -2.37. The normalized spacial score (nSPS) is 20.3. The Morgan fingerprint density at radius 2 is 1.75 bits per heavy atom. The van der Waals surface area contributed by atoms with Crippen molar-refractivity contribution in [2.75, 3.05) is 49.6 Å². The van der Waals surface area contributed by atoms with Crippen molar-refractivity contribution in [3.63, 3.8) is 0 Å². The van der Waals surface area contributed by atoms with Crippen LogP contribution in [-0.4, -0.2) is 75.9 Å². The highest BCUT2D eigenvalue weighted by Crippen LogP contribution is 2.27. The van der Waals surface area contributed by atoms with E-state index in [4.69, 9.17) is 9.72 Å². The van der Waals surface area contributed by atoms with Crippen molar-refractivity contribution in [2.45, 2.75) is 39.4 Å². The first-order chi connectivity index (χ1) is 19.3. The van der Waals surface area contributed by atoms with Gasteiger partial charge in [0.05, 0.1) is 30.8 Å². The summed E-state index contributed by atoms with van der Waals surface area (Å²) in [5, 5.41) is 7.55. The Balaban J connectivity index is 1.23. The molecule has 0 bridgehead atoms. The predicted octanol–water partition coefficient (Wildman–Crippen LogP) is 4.16. The molecule has 2 fully saturated rings. The quantitative estimate of drug-likeness (QED) is 0.372. The molecule has 2 atom stereocenters. The zero-order valence-corrected chi connectivity index (χ0v) is 23.0. The van der Waals surface area contributed by atoms with Gasteiger partial charge in [-0.25, -0.2) is 18.7 Å². The Morgan fingerprint density at radius 3 is 2.45 bits per heavy atom. The number of hydrogen-bond donors (Lipinski definition) is 2. The van der Waals surface area contributed by atoms with Crippen LogP contribution in [0.25, 0.3) is 16.7 Å². The molecule has 0 unspecified atom stereocenters. The number of aryl methyl sites for hydroxylation is 1. The first kappa shape index (κ1) is 26.5. The molecule has 0 amide bonds. The van der Waals surface area contributed by atoms with Crippen LogP contribution in [-0.2, 0) is 11.3 Å². The first-order valence-corrected chi connectivity index (χ1v) is 13.7. The lowest BCUT2D eigenvalue weighted by molar-refractivity contribution is 0.0332. The molecule has 1 aromatic carbocycles. The maximum Gasteiger partial charge on any atom is 0.229 e. The molecule has 0 radical (unpaired) electrons. The summed E-state index contributed by atoms with van der Waals surface area (Å²) in [7, 11) is 0. The third kappa shape index (κ3) is 5.49. The predicted molar refractivity (Wildman–Crippen MR) is 151 cm³/mol. The molecule has 0 aliphatic carbocycles. The fourth-order valence-electron chi connectivity index (χ4n) is 5.65. The number of halogens is 2. The van der Waals surface area contributed by atoms with E-state index in [0.29, 0.717) is 55.7 Å². The van der Waals surface area contributed by atoms with E-state index in [2.05, 4.69) is 39.3 Å². The molecule has 40 heavy (non-hydrogen) atoms.